The van der Waals surface area contributed by atoms with Gasteiger partial charge in [0.2, 0.25) is 0 Å². The maximum Gasteiger partial charge on any atom is 0.309 e. The molecule has 3 rings (SSSR count). The van der Waals surface area contributed by atoms with E-state index in [4.69, 9.17) is 13.9 Å². The van der Waals surface area contributed by atoms with Crippen molar-refractivity contribution < 1.29 is 23.5 Å². The van der Waals surface area contributed by atoms with E-state index < -0.39 is 0 Å². The molecule has 2 heterocycles. The Morgan fingerprint density at radius 1 is 1.28 bits per heavy atom. The Morgan fingerprint density at radius 2 is 2.00 bits per heavy atom. The number of benzene rings is 1. The molecule has 0 unspecified atom stereocenters. The van der Waals surface area contributed by atoms with E-state index in [1.165, 1.54) is 0 Å². The highest BCUT2D eigenvalue weighted by Crippen LogP contribution is 2.30. The number of ether oxygens (including phenoxy) is 2. The Bertz CT molecular complexity index is 786. The van der Waals surface area contributed by atoms with E-state index in [9.17, 15) is 9.59 Å². The zero-order chi connectivity index (χ0) is 18.0. The minimum absolute atomic E-state index is 0.120. The summed E-state index contributed by atoms with van der Waals surface area (Å²) in [5.74, 6) is 0.671. The topological polar surface area (TPSA) is 69.0 Å². The summed E-state index contributed by atoms with van der Waals surface area (Å²) in [6.45, 7) is 5.13. The number of rotatable bonds is 4. The monoisotopic (exact) mass is 345 g/mol. The molecule has 134 valence electrons. The summed E-state index contributed by atoms with van der Waals surface area (Å²) in [5.41, 5.74) is 1.48. The number of carbonyl (C=O) groups excluding carboxylic acids is 2. The lowest BCUT2D eigenvalue weighted by Gasteiger charge is -2.30. The van der Waals surface area contributed by atoms with Crippen molar-refractivity contribution in [3.05, 3.63) is 29.5 Å². The Labute approximate surface area is 146 Å². The molecule has 1 aromatic carbocycles. The van der Waals surface area contributed by atoms with Gasteiger partial charge in [0, 0.05) is 24.0 Å². The van der Waals surface area contributed by atoms with Gasteiger partial charge in [-0.3, -0.25) is 9.59 Å². The summed E-state index contributed by atoms with van der Waals surface area (Å²) < 4.78 is 16.1. The molecular weight excluding hydrogens is 322 g/mol. The number of methoxy groups -OCH3 is 1. The lowest BCUT2D eigenvalue weighted by molar-refractivity contribution is -0.149. The molecule has 0 atom stereocenters. The maximum absolute atomic E-state index is 12.8. The van der Waals surface area contributed by atoms with Gasteiger partial charge >= 0.3 is 5.97 Å². The van der Waals surface area contributed by atoms with Gasteiger partial charge in [0.25, 0.3) is 5.91 Å². The molecule has 0 N–H and O–H groups in total. The second kappa shape index (κ2) is 7.17. The number of furan rings is 1. The minimum Gasteiger partial charge on any atom is -0.497 e. The van der Waals surface area contributed by atoms with Crippen molar-refractivity contribution in [3.63, 3.8) is 0 Å². The first-order valence-corrected chi connectivity index (χ1v) is 8.58. The average molecular weight is 345 g/mol. The van der Waals surface area contributed by atoms with Crippen LogP contribution in [0.25, 0.3) is 11.0 Å². The molecule has 1 aromatic heterocycles. The number of aryl methyl sites for hydroxylation is 1. The molecule has 0 bridgehead atoms. The van der Waals surface area contributed by atoms with E-state index in [-0.39, 0.29) is 17.8 Å². The molecule has 6 nitrogen and oxygen atoms in total. The summed E-state index contributed by atoms with van der Waals surface area (Å²) in [7, 11) is 1.61. The standard InChI is InChI=1S/C19H23NO5/c1-4-24-19(22)13-7-9-20(10-8-13)18(21)17-12(2)15-11-14(23-3)5-6-16(15)25-17/h5-6,11,13H,4,7-10H2,1-3H3. The summed E-state index contributed by atoms with van der Waals surface area (Å²) in [5, 5.41) is 0.879. The van der Waals surface area contributed by atoms with Crippen LogP contribution in [0, 0.1) is 12.8 Å². The normalized spacial score (nSPS) is 15.4. The van der Waals surface area contributed by atoms with Crippen LogP contribution in [0.5, 0.6) is 5.75 Å². The number of hydrogen-bond donors (Lipinski definition) is 0. The van der Waals surface area contributed by atoms with E-state index >= 15 is 0 Å². The van der Waals surface area contributed by atoms with Gasteiger partial charge in [0.05, 0.1) is 19.6 Å². The van der Waals surface area contributed by atoms with Crippen LogP contribution in [-0.2, 0) is 9.53 Å². The molecule has 1 saturated heterocycles. The van der Waals surface area contributed by atoms with E-state index in [0.717, 1.165) is 16.7 Å². The third-order valence-electron chi connectivity index (χ3n) is 4.74. The van der Waals surface area contributed by atoms with Crippen molar-refractivity contribution in [2.45, 2.75) is 26.7 Å². The summed E-state index contributed by atoms with van der Waals surface area (Å²) >= 11 is 0. The first-order valence-electron chi connectivity index (χ1n) is 8.58. The quantitative estimate of drug-likeness (QED) is 0.796. The second-order valence-electron chi connectivity index (χ2n) is 6.24. The molecule has 1 aliphatic rings. The van der Waals surface area contributed by atoms with Crippen LogP contribution in [0.1, 0.15) is 35.9 Å². The first-order chi connectivity index (χ1) is 12.0. The molecule has 1 amide bonds. The van der Waals surface area contributed by atoms with Crippen LogP contribution in [-0.4, -0.2) is 43.6 Å². The van der Waals surface area contributed by atoms with E-state index in [1.807, 2.05) is 25.1 Å². The highest BCUT2D eigenvalue weighted by molar-refractivity contribution is 5.99. The molecular formula is C19H23NO5. The third-order valence-corrected chi connectivity index (χ3v) is 4.74. The number of esters is 1. The summed E-state index contributed by atoms with van der Waals surface area (Å²) in [6, 6.07) is 5.49. The SMILES string of the molecule is CCOC(=O)C1CCN(C(=O)c2oc3ccc(OC)cc3c2C)CC1. The lowest BCUT2D eigenvalue weighted by Crippen LogP contribution is -2.40. The fourth-order valence-corrected chi connectivity index (χ4v) is 3.25. The van der Waals surface area contributed by atoms with Gasteiger partial charge in [-0.15, -0.1) is 0 Å². The fourth-order valence-electron chi connectivity index (χ4n) is 3.25. The zero-order valence-corrected chi connectivity index (χ0v) is 14.8. The lowest BCUT2D eigenvalue weighted by atomic mass is 9.96. The van der Waals surface area contributed by atoms with Crippen molar-refractivity contribution in [1.82, 2.24) is 4.90 Å². The predicted octanol–water partition coefficient (Wildman–Crippen LogP) is 3.17. The van der Waals surface area contributed by atoms with Crippen molar-refractivity contribution in [2.75, 3.05) is 26.8 Å². The summed E-state index contributed by atoms with van der Waals surface area (Å²) in [6.07, 6.45) is 1.25. The molecule has 1 fully saturated rings. The largest absolute Gasteiger partial charge is 0.497 e. The van der Waals surface area contributed by atoms with Gasteiger partial charge in [0.15, 0.2) is 5.76 Å². The number of nitrogens with zero attached hydrogens (tertiary/aromatic N) is 1. The number of likely N-dealkylation sites (tertiary alicyclic amines) is 1. The van der Waals surface area contributed by atoms with Crippen LogP contribution >= 0.6 is 0 Å². The van der Waals surface area contributed by atoms with Gasteiger partial charge in [-0.05, 0) is 44.9 Å². The van der Waals surface area contributed by atoms with Crippen molar-refractivity contribution in [3.8, 4) is 5.75 Å². The van der Waals surface area contributed by atoms with Crippen LogP contribution in [0.3, 0.4) is 0 Å². The van der Waals surface area contributed by atoms with Crippen molar-refractivity contribution >= 4 is 22.8 Å². The van der Waals surface area contributed by atoms with Crippen LogP contribution in [0.4, 0.5) is 0 Å². The number of amides is 1. The molecule has 0 saturated carbocycles. The van der Waals surface area contributed by atoms with Crippen LogP contribution in [0.15, 0.2) is 22.6 Å². The van der Waals surface area contributed by atoms with Gasteiger partial charge in [0.1, 0.15) is 11.3 Å². The predicted molar refractivity (Wildman–Crippen MR) is 92.8 cm³/mol. The third kappa shape index (κ3) is 3.34. The Balaban J connectivity index is 1.75. The maximum atomic E-state index is 12.8. The van der Waals surface area contributed by atoms with Gasteiger partial charge in [-0.1, -0.05) is 0 Å². The Kier molecular flexibility index (Phi) is 4.97. The smallest absolute Gasteiger partial charge is 0.309 e. The van der Waals surface area contributed by atoms with E-state index in [2.05, 4.69) is 0 Å². The molecule has 0 radical (unpaired) electrons. The highest BCUT2D eigenvalue weighted by Gasteiger charge is 2.30. The summed E-state index contributed by atoms with van der Waals surface area (Å²) in [4.78, 5) is 26.4. The number of fused-ring (bicyclic) bond motifs is 1. The fraction of sp³-hybridized carbons (Fsp3) is 0.474. The van der Waals surface area contributed by atoms with Gasteiger partial charge in [-0.2, -0.15) is 0 Å². The van der Waals surface area contributed by atoms with Gasteiger partial charge < -0.3 is 18.8 Å². The highest BCUT2D eigenvalue weighted by atomic mass is 16.5. The number of hydrogen-bond acceptors (Lipinski definition) is 5. The molecule has 25 heavy (non-hydrogen) atoms. The van der Waals surface area contributed by atoms with E-state index in [1.54, 1.807) is 18.9 Å². The van der Waals surface area contributed by atoms with Crippen molar-refractivity contribution in [2.24, 2.45) is 5.92 Å². The number of carbonyl (C=O) groups is 2. The first kappa shape index (κ1) is 17.3. The minimum atomic E-state index is -0.165. The van der Waals surface area contributed by atoms with Crippen LogP contribution < -0.4 is 4.74 Å². The zero-order valence-electron chi connectivity index (χ0n) is 14.8. The molecule has 2 aromatic rings. The van der Waals surface area contributed by atoms with E-state index in [0.29, 0.717) is 43.9 Å². The Morgan fingerprint density at radius 3 is 2.64 bits per heavy atom. The number of piperidine rings is 1. The van der Waals surface area contributed by atoms with Gasteiger partial charge in [-0.25, -0.2) is 0 Å². The average Bonchev–Trinajstić information content (AvgIpc) is 2.97. The van der Waals surface area contributed by atoms with Crippen molar-refractivity contribution in [1.29, 1.82) is 0 Å². The molecule has 0 spiro atoms. The Hall–Kier alpha value is -2.50. The second-order valence-corrected chi connectivity index (χ2v) is 6.24. The molecule has 1 aliphatic heterocycles. The molecule has 0 aliphatic carbocycles. The molecule has 6 heteroatoms. The van der Waals surface area contributed by atoms with Crippen LogP contribution in [0.2, 0.25) is 0 Å².